The van der Waals surface area contributed by atoms with Crippen molar-refractivity contribution in [3.63, 3.8) is 0 Å². The number of hydrogen-bond donors (Lipinski definition) is 0. The summed E-state index contributed by atoms with van der Waals surface area (Å²) in [6.07, 6.45) is 0. The molecule has 0 aliphatic rings. The Bertz CT molecular complexity index is 714. The van der Waals surface area contributed by atoms with E-state index in [9.17, 15) is 14.0 Å². The Labute approximate surface area is 145 Å². The molecule has 1 aromatic heterocycles. The van der Waals surface area contributed by atoms with E-state index in [2.05, 4.69) is 15.9 Å². The first kappa shape index (κ1) is 17.5. The maximum Gasteiger partial charge on any atom is 0.374 e. The molecule has 0 unspecified atom stereocenters. The molecule has 0 aliphatic carbocycles. The first-order chi connectivity index (χ1) is 10.9. The summed E-state index contributed by atoms with van der Waals surface area (Å²) in [4.78, 5) is 24.8. The van der Waals surface area contributed by atoms with Crippen LogP contribution in [0.5, 0.6) is 0 Å². The van der Waals surface area contributed by atoms with Crippen LogP contribution in [-0.2, 0) is 16.1 Å². The second-order valence-corrected chi connectivity index (χ2v) is 5.82. The highest BCUT2D eigenvalue weighted by atomic mass is 79.9. The second-order valence-electron chi connectivity index (χ2n) is 4.63. The first-order valence-electron chi connectivity index (χ1n) is 6.48. The summed E-state index contributed by atoms with van der Waals surface area (Å²) in [5, 5.41) is 0.224. The quantitative estimate of drug-likeness (QED) is 0.714. The summed E-state index contributed by atoms with van der Waals surface area (Å²) in [6.45, 7) is -0.520. The van der Waals surface area contributed by atoms with Crippen molar-refractivity contribution < 1.29 is 23.1 Å². The number of rotatable bonds is 5. The number of carbonyl (C=O) groups excluding carboxylic acids is 2. The van der Waals surface area contributed by atoms with Gasteiger partial charge in [-0.3, -0.25) is 4.79 Å². The molecule has 1 aromatic carbocycles. The van der Waals surface area contributed by atoms with Crippen LogP contribution in [0.15, 0.2) is 39.4 Å². The fourth-order valence-corrected chi connectivity index (χ4v) is 2.27. The van der Waals surface area contributed by atoms with Gasteiger partial charge >= 0.3 is 5.97 Å². The normalized spacial score (nSPS) is 10.4. The summed E-state index contributed by atoms with van der Waals surface area (Å²) < 4.78 is 23.9. The topological polar surface area (TPSA) is 59.8 Å². The van der Waals surface area contributed by atoms with Crippen LogP contribution in [0.3, 0.4) is 0 Å². The van der Waals surface area contributed by atoms with Crippen LogP contribution in [0.4, 0.5) is 4.39 Å². The molecule has 0 radical (unpaired) electrons. The molecule has 2 aromatic rings. The van der Waals surface area contributed by atoms with Crippen molar-refractivity contribution in [2.75, 3.05) is 13.7 Å². The summed E-state index contributed by atoms with van der Waals surface area (Å²) in [5.41, 5.74) is 0.200. The van der Waals surface area contributed by atoms with Crippen molar-refractivity contribution >= 4 is 39.4 Å². The first-order valence-corrected chi connectivity index (χ1v) is 7.65. The molecule has 5 nitrogen and oxygen atoms in total. The molecule has 0 bridgehead atoms. The minimum Gasteiger partial charge on any atom is -0.450 e. The second kappa shape index (κ2) is 7.61. The summed E-state index contributed by atoms with van der Waals surface area (Å²) >= 11 is 8.96. The van der Waals surface area contributed by atoms with E-state index < -0.39 is 24.3 Å². The van der Waals surface area contributed by atoms with Crippen LogP contribution < -0.4 is 0 Å². The molecule has 0 atom stereocenters. The number of carbonyl (C=O) groups is 2. The molecule has 23 heavy (non-hydrogen) atoms. The SMILES string of the molecule is CN(Cc1c(F)cccc1Cl)C(=O)COC(=O)c1ccc(Br)o1. The van der Waals surface area contributed by atoms with Gasteiger partial charge in [0.15, 0.2) is 11.3 Å². The molecule has 2 rings (SSSR count). The van der Waals surface area contributed by atoms with Crippen molar-refractivity contribution in [3.8, 4) is 0 Å². The number of ether oxygens (including phenoxy) is 1. The maximum atomic E-state index is 13.7. The minimum absolute atomic E-state index is 0.0236. The zero-order valence-corrected chi connectivity index (χ0v) is 14.4. The lowest BCUT2D eigenvalue weighted by Gasteiger charge is -2.18. The number of halogens is 3. The average Bonchev–Trinajstić information content (AvgIpc) is 2.94. The van der Waals surface area contributed by atoms with Gasteiger partial charge in [0.1, 0.15) is 5.82 Å². The Kier molecular flexibility index (Phi) is 5.79. The highest BCUT2D eigenvalue weighted by Gasteiger charge is 2.18. The van der Waals surface area contributed by atoms with Crippen molar-refractivity contribution in [2.24, 2.45) is 0 Å². The Morgan fingerprint density at radius 3 is 2.70 bits per heavy atom. The largest absolute Gasteiger partial charge is 0.450 e. The van der Waals surface area contributed by atoms with Crippen LogP contribution >= 0.6 is 27.5 Å². The Morgan fingerprint density at radius 2 is 2.09 bits per heavy atom. The van der Waals surface area contributed by atoms with E-state index in [0.717, 1.165) is 0 Å². The molecule has 122 valence electrons. The van der Waals surface area contributed by atoms with E-state index in [1.165, 1.54) is 42.3 Å². The highest BCUT2D eigenvalue weighted by Crippen LogP contribution is 2.20. The number of hydrogen-bond acceptors (Lipinski definition) is 4. The zero-order valence-electron chi connectivity index (χ0n) is 12.0. The molecule has 8 heteroatoms. The van der Waals surface area contributed by atoms with Gasteiger partial charge in [0.05, 0.1) is 0 Å². The van der Waals surface area contributed by atoms with E-state index in [1.807, 2.05) is 0 Å². The van der Waals surface area contributed by atoms with Gasteiger partial charge < -0.3 is 14.1 Å². The van der Waals surface area contributed by atoms with E-state index >= 15 is 0 Å². The molecular weight excluding hydrogens is 393 g/mol. The van der Waals surface area contributed by atoms with Gasteiger partial charge in [-0.1, -0.05) is 17.7 Å². The van der Waals surface area contributed by atoms with Gasteiger partial charge in [-0.2, -0.15) is 0 Å². The smallest absolute Gasteiger partial charge is 0.374 e. The maximum absolute atomic E-state index is 13.7. The Balaban J connectivity index is 1.91. The van der Waals surface area contributed by atoms with Crippen LogP contribution in [0.2, 0.25) is 5.02 Å². The molecule has 0 N–H and O–H groups in total. The molecule has 0 saturated heterocycles. The van der Waals surface area contributed by atoms with Crippen molar-refractivity contribution in [3.05, 3.63) is 57.2 Å². The fourth-order valence-electron chi connectivity index (χ4n) is 1.74. The summed E-state index contributed by atoms with van der Waals surface area (Å²) in [7, 11) is 1.46. The van der Waals surface area contributed by atoms with E-state index in [0.29, 0.717) is 4.67 Å². The van der Waals surface area contributed by atoms with E-state index in [1.54, 1.807) is 0 Å². The van der Waals surface area contributed by atoms with Gasteiger partial charge in [-0.05, 0) is 40.2 Å². The number of esters is 1. The molecule has 0 fully saturated rings. The predicted octanol–water partition coefficient (Wildman–Crippen LogP) is 3.65. The molecular formula is C15H12BrClFNO4. The lowest BCUT2D eigenvalue weighted by atomic mass is 10.2. The van der Waals surface area contributed by atoms with Crippen LogP contribution in [0.1, 0.15) is 16.1 Å². The van der Waals surface area contributed by atoms with Crippen LogP contribution in [0, 0.1) is 5.82 Å². The lowest BCUT2D eigenvalue weighted by molar-refractivity contribution is -0.133. The average molecular weight is 405 g/mol. The van der Waals surface area contributed by atoms with Gasteiger partial charge in [0.25, 0.3) is 5.91 Å². The fraction of sp³-hybridized carbons (Fsp3) is 0.200. The van der Waals surface area contributed by atoms with Crippen molar-refractivity contribution in [1.82, 2.24) is 4.90 Å². The Hall–Kier alpha value is -1.86. The van der Waals surface area contributed by atoms with Crippen LogP contribution in [0.25, 0.3) is 0 Å². The van der Waals surface area contributed by atoms with Gasteiger partial charge in [0, 0.05) is 24.2 Å². The standard InChI is InChI=1S/C15H12BrClFNO4/c1-19(7-9-10(17)3-2-4-11(9)18)14(20)8-22-15(21)12-5-6-13(16)23-12/h2-6H,7-8H2,1H3. The van der Waals surface area contributed by atoms with Gasteiger partial charge in [-0.15, -0.1) is 0 Å². The van der Waals surface area contributed by atoms with Crippen LogP contribution in [-0.4, -0.2) is 30.4 Å². The monoisotopic (exact) mass is 403 g/mol. The molecule has 1 amide bonds. The van der Waals surface area contributed by atoms with Gasteiger partial charge in [-0.25, -0.2) is 9.18 Å². The number of nitrogens with zero attached hydrogens (tertiary/aromatic N) is 1. The Morgan fingerprint density at radius 1 is 1.35 bits per heavy atom. The molecule has 0 aliphatic heterocycles. The number of amides is 1. The zero-order chi connectivity index (χ0) is 17.0. The summed E-state index contributed by atoms with van der Waals surface area (Å²) in [6, 6.07) is 7.22. The molecule has 0 spiro atoms. The van der Waals surface area contributed by atoms with Crippen molar-refractivity contribution in [2.45, 2.75) is 6.54 Å². The summed E-state index contributed by atoms with van der Waals surface area (Å²) in [5.74, 6) is -1.79. The third kappa shape index (κ3) is 4.56. The van der Waals surface area contributed by atoms with Crippen molar-refractivity contribution in [1.29, 1.82) is 0 Å². The number of benzene rings is 1. The third-order valence-electron chi connectivity index (χ3n) is 2.98. The third-order valence-corrected chi connectivity index (χ3v) is 3.76. The lowest BCUT2D eigenvalue weighted by Crippen LogP contribution is -2.31. The number of likely N-dealkylation sites (N-methyl/N-ethyl adjacent to an activating group) is 1. The predicted molar refractivity (Wildman–Crippen MR) is 84.6 cm³/mol. The van der Waals surface area contributed by atoms with E-state index in [-0.39, 0.29) is 22.9 Å². The molecule has 1 heterocycles. The van der Waals surface area contributed by atoms with E-state index in [4.69, 9.17) is 20.8 Å². The molecule has 0 saturated carbocycles. The highest BCUT2D eigenvalue weighted by molar-refractivity contribution is 9.10. The van der Waals surface area contributed by atoms with Gasteiger partial charge in [0.2, 0.25) is 5.76 Å². The minimum atomic E-state index is -0.763. The number of furan rings is 1.